The summed E-state index contributed by atoms with van der Waals surface area (Å²) in [6.07, 6.45) is 0.913. The number of amides is 3. The van der Waals surface area contributed by atoms with E-state index in [1.165, 1.54) is 6.92 Å². The lowest BCUT2D eigenvalue weighted by atomic mass is 9.98. The molecule has 0 saturated carbocycles. The van der Waals surface area contributed by atoms with Gasteiger partial charge in [-0.25, -0.2) is 4.79 Å². The number of carbonyl (C=O) groups is 4. The summed E-state index contributed by atoms with van der Waals surface area (Å²) in [5.41, 5.74) is 12.0. The lowest BCUT2D eigenvalue weighted by Gasteiger charge is -2.27. The molecule has 1 aromatic rings. The Labute approximate surface area is 212 Å². The predicted molar refractivity (Wildman–Crippen MR) is 136 cm³/mol. The summed E-state index contributed by atoms with van der Waals surface area (Å²) in [5.74, 6) is -3.46. The minimum atomic E-state index is -1.23. The van der Waals surface area contributed by atoms with E-state index in [-0.39, 0.29) is 18.8 Å². The molecular weight excluding hydrogens is 466 g/mol. The number of unbranched alkanes of at least 4 members (excludes halogenated alkanes) is 1. The number of benzene rings is 1. The Morgan fingerprint density at radius 3 is 2.03 bits per heavy atom. The van der Waals surface area contributed by atoms with Crippen LogP contribution in [0.4, 0.5) is 0 Å². The van der Waals surface area contributed by atoms with Crippen LogP contribution in [-0.4, -0.2) is 70.7 Å². The van der Waals surface area contributed by atoms with Crippen LogP contribution in [0.3, 0.4) is 0 Å². The average molecular weight is 508 g/mol. The molecule has 0 spiro atoms. The zero-order valence-electron chi connectivity index (χ0n) is 21.3. The van der Waals surface area contributed by atoms with Crippen LogP contribution in [0, 0.1) is 5.92 Å². The molecule has 36 heavy (non-hydrogen) atoms. The Kier molecular flexibility index (Phi) is 13.7. The Morgan fingerprint density at radius 1 is 0.917 bits per heavy atom. The summed E-state index contributed by atoms with van der Waals surface area (Å²) in [7, 11) is 0. The summed E-state index contributed by atoms with van der Waals surface area (Å²) >= 11 is 0. The van der Waals surface area contributed by atoms with E-state index in [2.05, 4.69) is 16.0 Å². The van der Waals surface area contributed by atoms with Crippen molar-refractivity contribution in [3.8, 4) is 0 Å². The van der Waals surface area contributed by atoms with Crippen LogP contribution in [-0.2, 0) is 25.6 Å². The van der Waals surface area contributed by atoms with Gasteiger partial charge in [-0.1, -0.05) is 50.6 Å². The minimum absolute atomic E-state index is 0.113. The number of hydrogen-bond acceptors (Lipinski definition) is 7. The van der Waals surface area contributed by atoms with E-state index in [1.54, 1.807) is 31.2 Å². The predicted octanol–water partition coefficient (Wildman–Crippen LogP) is -0.349. The van der Waals surface area contributed by atoms with Crippen LogP contribution in [0.25, 0.3) is 0 Å². The fourth-order valence-corrected chi connectivity index (χ4v) is 3.52. The molecular formula is C25H41N5O6. The van der Waals surface area contributed by atoms with Gasteiger partial charge < -0.3 is 37.6 Å². The van der Waals surface area contributed by atoms with Gasteiger partial charge in [0.15, 0.2) is 0 Å². The lowest BCUT2D eigenvalue weighted by molar-refractivity contribution is -0.143. The van der Waals surface area contributed by atoms with E-state index in [1.807, 2.05) is 13.0 Å². The maximum Gasteiger partial charge on any atom is 0.326 e. The van der Waals surface area contributed by atoms with Crippen molar-refractivity contribution in [2.75, 3.05) is 6.54 Å². The first-order valence-corrected chi connectivity index (χ1v) is 12.3. The third-order valence-electron chi connectivity index (χ3n) is 6.09. The molecule has 0 fully saturated rings. The third kappa shape index (κ3) is 10.3. The number of carboxylic acid groups (broad SMARTS) is 1. The van der Waals surface area contributed by atoms with E-state index < -0.39 is 54.0 Å². The average Bonchev–Trinajstić information content (AvgIpc) is 2.85. The number of hydrogen-bond donors (Lipinski definition) is 7. The normalized spacial score (nSPS) is 16.1. The van der Waals surface area contributed by atoms with Crippen LogP contribution in [0.15, 0.2) is 30.3 Å². The second-order valence-corrected chi connectivity index (χ2v) is 9.07. The number of nitrogens with one attached hydrogen (secondary N) is 3. The zero-order valence-corrected chi connectivity index (χ0v) is 21.3. The smallest absolute Gasteiger partial charge is 0.326 e. The monoisotopic (exact) mass is 507 g/mol. The van der Waals surface area contributed by atoms with E-state index in [0.29, 0.717) is 25.8 Å². The molecule has 3 amide bonds. The molecule has 1 aromatic carbocycles. The van der Waals surface area contributed by atoms with Crippen molar-refractivity contribution >= 4 is 23.7 Å². The Bertz CT molecular complexity index is 851. The highest BCUT2D eigenvalue weighted by Crippen LogP contribution is 2.11. The van der Waals surface area contributed by atoms with Crippen LogP contribution in [0.1, 0.15) is 52.0 Å². The molecule has 0 aromatic heterocycles. The van der Waals surface area contributed by atoms with Crippen molar-refractivity contribution in [1.82, 2.24) is 16.0 Å². The van der Waals surface area contributed by atoms with Crippen LogP contribution >= 0.6 is 0 Å². The molecule has 0 saturated heterocycles. The Morgan fingerprint density at radius 2 is 1.50 bits per heavy atom. The quantitative estimate of drug-likeness (QED) is 0.147. The van der Waals surface area contributed by atoms with Crippen LogP contribution < -0.4 is 27.4 Å². The van der Waals surface area contributed by atoms with Gasteiger partial charge >= 0.3 is 5.97 Å². The SMILES string of the molecule is CCC(C)C(NC(=O)C(Cc1ccccc1)NC(=O)C(CCCCN)NC(=O)C(N)C(C)O)C(=O)O. The molecule has 0 aliphatic heterocycles. The number of aliphatic hydroxyl groups excluding tert-OH is 1. The molecule has 6 atom stereocenters. The molecule has 11 nitrogen and oxygen atoms in total. The second kappa shape index (κ2) is 15.9. The van der Waals surface area contributed by atoms with Gasteiger partial charge in [0.1, 0.15) is 24.2 Å². The van der Waals surface area contributed by atoms with Crippen molar-refractivity contribution < 1.29 is 29.4 Å². The summed E-state index contributed by atoms with van der Waals surface area (Å²) in [5, 5.41) is 27.0. The highest BCUT2D eigenvalue weighted by atomic mass is 16.4. The number of rotatable bonds is 16. The van der Waals surface area contributed by atoms with Gasteiger partial charge in [0.05, 0.1) is 6.10 Å². The van der Waals surface area contributed by atoms with Gasteiger partial charge in [-0.2, -0.15) is 0 Å². The maximum absolute atomic E-state index is 13.2. The highest BCUT2D eigenvalue weighted by molar-refractivity contribution is 5.94. The summed E-state index contributed by atoms with van der Waals surface area (Å²) in [6.45, 7) is 5.31. The first-order chi connectivity index (χ1) is 17.0. The highest BCUT2D eigenvalue weighted by Gasteiger charge is 2.32. The van der Waals surface area contributed by atoms with E-state index in [0.717, 1.165) is 5.56 Å². The van der Waals surface area contributed by atoms with E-state index in [9.17, 15) is 29.4 Å². The number of carboxylic acids is 1. The van der Waals surface area contributed by atoms with Crippen LogP contribution in [0.2, 0.25) is 0 Å². The molecule has 0 aliphatic carbocycles. The molecule has 0 heterocycles. The summed E-state index contributed by atoms with van der Waals surface area (Å²) in [6, 6.07) is 4.50. The van der Waals surface area contributed by atoms with Gasteiger partial charge in [-0.05, 0) is 44.2 Å². The van der Waals surface area contributed by atoms with Gasteiger partial charge in [0.25, 0.3) is 0 Å². The fraction of sp³-hybridized carbons (Fsp3) is 0.600. The van der Waals surface area contributed by atoms with E-state index in [4.69, 9.17) is 11.5 Å². The van der Waals surface area contributed by atoms with Crippen LogP contribution in [0.5, 0.6) is 0 Å². The minimum Gasteiger partial charge on any atom is -0.480 e. The lowest BCUT2D eigenvalue weighted by Crippen LogP contribution is -2.59. The molecule has 9 N–H and O–H groups in total. The summed E-state index contributed by atoms with van der Waals surface area (Å²) < 4.78 is 0. The summed E-state index contributed by atoms with van der Waals surface area (Å²) in [4.78, 5) is 50.6. The topological polar surface area (TPSA) is 197 Å². The van der Waals surface area contributed by atoms with Crippen molar-refractivity contribution in [2.45, 2.75) is 83.1 Å². The first-order valence-electron chi connectivity index (χ1n) is 12.3. The van der Waals surface area contributed by atoms with Gasteiger partial charge in [0.2, 0.25) is 17.7 Å². The van der Waals surface area contributed by atoms with Gasteiger partial charge in [-0.15, -0.1) is 0 Å². The number of nitrogens with two attached hydrogens (primary N) is 2. The first kappa shape index (κ1) is 31.0. The van der Waals surface area contributed by atoms with Crippen molar-refractivity contribution in [2.24, 2.45) is 17.4 Å². The molecule has 11 heteroatoms. The molecule has 6 unspecified atom stereocenters. The standard InChI is InChI=1S/C25H41N5O6/c1-4-15(2)21(25(35)36)30-23(33)19(14-17-10-6-5-7-11-17)29-22(32)18(12-8-9-13-26)28-24(34)20(27)16(3)31/h5-7,10-11,15-16,18-21,31H,4,8-9,12-14,26-27H2,1-3H3,(H,28,34)(H,29,32)(H,30,33)(H,35,36). The van der Waals surface area contributed by atoms with E-state index >= 15 is 0 Å². The number of carbonyl (C=O) groups excluding carboxylic acids is 3. The maximum atomic E-state index is 13.2. The third-order valence-corrected chi connectivity index (χ3v) is 6.09. The molecule has 0 aliphatic rings. The zero-order chi connectivity index (χ0) is 27.3. The fourth-order valence-electron chi connectivity index (χ4n) is 3.52. The Balaban J connectivity index is 3.14. The molecule has 202 valence electrons. The van der Waals surface area contributed by atoms with Crippen molar-refractivity contribution in [3.05, 3.63) is 35.9 Å². The molecule has 0 bridgehead atoms. The van der Waals surface area contributed by atoms with Crippen molar-refractivity contribution in [3.63, 3.8) is 0 Å². The van der Waals surface area contributed by atoms with Gasteiger partial charge in [-0.3, -0.25) is 14.4 Å². The van der Waals surface area contributed by atoms with Crippen molar-refractivity contribution in [1.29, 1.82) is 0 Å². The second-order valence-electron chi connectivity index (χ2n) is 9.07. The molecule has 0 radical (unpaired) electrons. The molecule has 1 rings (SSSR count). The Hall–Kier alpha value is -3.02. The number of aliphatic carboxylic acids is 1. The largest absolute Gasteiger partial charge is 0.480 e. The van der Waals surface area contributed by atoms with Gasteiger partial charge in [0, 0.05) is 6.42 Å². The number of aliphatic hydroxyl groups is 1.